The van der Waals surface area contributed by atoms with Gasteiger partial charge in [0.1, 0.15) is 0 Å². The highest BCUT2D eigenvalue weighted by Gasteiger charge is 2.27. The van der Waals surface area contributed by atoms with Gasteiger partial charge >= 0.3 is 5.97 Å². The summed E-state index contributed by atoms with van der Waals surface area (Å²) in [5, 5.41) is 12.3. The normalized spacial score (nSPS) is 12.4. The molecule has 0 bridgehead atoms. The lowest BCUT2D eigenvalue weighted by molar-refractivity contribution is 0.0685. The smallest absolute Gasteiger partial charge is 0.358 e. The van der Waals surface area contributed by atoms with Crippen LogP contribution in [0.15, 0.2) is 21.1 Å². The van der Waals surface area contributed by atoms with Crippen LogP contribution in [0.25, 0.3) is 11.3 Å². The summed E-state index contributed by atoms with van der Waals surface area (Å²) < 4.78 is 16.0. The Morgan fingerprint density at radius 3 is 2.75 bits per heavy atom. The molecule has 0 spiro atoms. The fourth-order valence-electron chi connectivity index (χ4n) is 1.85. The Balaban J connectivity index is 2.19. The summed E-state index contributed by atoms with van der Waals surface area (Å²) in [5.41, 5.74) is 0.553. The number of carboxylic acids is 1. The second-order valence-corrected chi connectivity index (χ2v) is 4.74. The predicted molar refractivity (Wildman–Crippen MR) is 68.1 cm³/mol. The predicted octanol–water partition coefficient (Wildman–Crippen LogP) is 2.34. The number of aldehydes is 1. The number of nitrogens with zero attached hydrogens (tertiary/aromatic N) is 1. The first-order valence-corrected chi connectivity index (χ1v) is 6.18. The maximum atomic E-state index is 11.0. The van der Waals surface area contributed by atoms with Crippen molar-refractivity contribution in [3.05, 3.63) is 27.9 Å². The molecule has 0 saturated carbocycles. The average Bonchev–Trinajstić information content (AvgIpc) is 3.06. The van der Waals surface area contributed by atoms with Crippen LogP contribution in [0.3, 0.4) is 0 Å². The van der Waals surface area contributed by atoms with E-state index in [0.29, 0.717) is 27.6 Å². The van der Waals surface area contributed by atoms with Gasteiger partial charge in [0.25, 0.3) is 0 Å². The van der Waals surface area contributed by atoms with Crippen molar-refractivity contribution < 1.29 is 28.7 Å². The van der Waals surface area contributed by atoms with Gasteiger partial charge in [-0.05, 0) is 22.0 Å². The zero-order valence-corrected chi connectivity index (χ0v) is 11.3. The molecular weight excluding hydrogens is 334 g/mol. The summed E-state index contributed by atoms with van der Waals surface area (Å²) in [6.45, 7) is -0.0282. The van der Waals surface area contributed by atoms with E-state index in [1.807, 2.05) is 0 Å². The van der Waals surface area contributed by atoms with Gasteiger partial charge < -0.3 is 19.1 Å². The highest BCUT2D eigenvalue weighted by atomic mass is 79.9. The highest BCUT2D eigenvalue weighted by Crippen LogP contribution is 2.46. The molecule has 20 heavy (non-hydrogen) atoms. The number of fused-ring (bicyclic) bond motifs is 1. The minimum atomic E-state index is -1.20. The number of ether oxygens (including phenoxy) is 2. The standard InChI is InChI=1S/C12H6BrNO6/c13-7-1-5(9-2-8(12(16)17)14-20-9)10-11(6(7)3-15)19-4-18-10/h1-3H,4H2,(H,16,17). The number of benzene rings is 1. The lowest BCUT2D eigenvalue weighted by Crippen LogP contribution is -1.94. The minimum absolute atomic E-state index is 0.0282. The fraction of sp³-hybridized carbons (Fsp3) is 0.0833. The topological polar surface area (TPSA) is 98.9 Å². The van der Waals surface area contributed by atoms with Gasteiger partial charge in [0.05, 0.1) is 11.1 Å². The number of aromatic carboxylic acids is 1. The zero-order chi connectivity index (χ0) is 14.3. The fourth-order valence-corrected chi connectivity index (χ4v) is 2.36. The molecule has 3 rings (SSSR count). The SMILES string of the molecule is O=Cc1c(Br)cc(-c2cc(C(=O)O)no2)c2c1OCO2. The Morgan fingerprint density at radius 2 is 2.10 bits per heavy atom. The molecule has 1 N–H and O–H groups in total. The molecule has 2 aromatic rings. The molecule has 0 radical (unpaired) electrons. The van der Waals surface area contributed by atoms with Crippen molar-refractivity contribution in [3.63, 3.8) is 0 Å². The highest BCUT2D eigenvalue weighted by molar-refractivity contribution is 9.10. The van der Waals surface area contributed by atoms with Crippen molar-refractivity contribution in [2.24, 2.45) is 0 Å². The lowest BCUT2D eigenvalue weighted by Gasteiger charge is -2.06. The molecule has 7 nitrogen and oxygen atoms in total. The summed E-state index contributed by atoms with van der Waals surface area (Å²) in [4.78, 5) is 21.9. The van der Waals surface area contributed by atoms with Crippen LogP contribution in [0, 0.1) is 0 Å². The third-order valence-electron chi connectivity index (χ3n) is 2.74. The number of carbonyl (C=O) groups is 2. The molecule has 1 aromatic heterocycles. The van der Waals surface area contributed by atoms with Gasteiger partial charge in [0, 0.05) is 10.5 Å². The first-order chi connectivity index (χ1) is 9.61. The van der Waals surface area contributed by atoms with Crippen molar-refractivity contribution in [1.29, 1.82) is 0 Å². The molecule has 102 valence electrons. The maximum Gasteiger partial charge on any atom is 0.358 e. The number of hydrogen-bond donors (Lipinski definition) is 1. The first-order valence-electron chi connectivity index (χ1n) is 5.39. The molecule has 0 unspecified atom stereocenters. The molecule has 1 aliphatic rings. The van der Waals surface area contributed by atoms with Crippen LogP contribution in [0.1, 0.15) is 20.8 Å². The molecule has 0 saturated heterocycles. The van der Waals surface area contributed by atoms with Gasteiger partial charge in [-0.1, -0.05) is 5.16 Å². The molecule has 1 aromatic carbocycles. The number of hydrogen-bond acceptors (Lipinski definition) is 6. The van der Waals surface area contributed by atoms with E-state index in [2.05, 4.69) is 21.1 Å². The summed E-state index contributed by atoms with van der Waals surface area (Å²) in [6.07, 6.45) is 0.643. The maximum absolute atomic E-state index is 11.0. The molecule has 1 aliphatic heterocycles. The number of rotatable bonds is 3. The molecular formula is C12H6BrNO6. The number of halogens is 1. The van der Waals surface area contributed by atoms with E-state index < -0.39 is 5.97 Å². The van der Waals surface area contributed by atoms with E-state index in [0.717, 1.165) is 0 Å². The van der Waals surface area contributed by atoms with Crippen molar-refractivity contribution >= 4 is 28.2 Å². The number of aromatic nitrogens is 1. The Kier molecular flexibility index (Phi) is 2.94. The van der Waals surface area contributed by atoms with Crippen molar-refractivity contribution in [1.82, 2.24) is 5.16 Å². The van der Waals surface area contributed by atoms with E-state index in [9.17, 15) is 9.59 Å². The Bertz CT molecular complexity index is 723. The molecule has 8 heteroatoms. The third-order valence-corrected chi connectivity index (χ3v) is 3.40. The van der Waals surface area contributed by atoms with E-state index in [-0.39, 0.29) is 24.0 Å². The molecule has 0 fully saturated rings. The van der Waals surface area contributed by atoms with Crippen LogP contribution in [0.2, 0.25) is 0 Å². The van der Waals surface area contributed by atoms with Gasteiger partial charge in [-0.3, -0.25) is 4.79 Å². The van der Waals surface area contributed by atoms with E-state index in [4.69, 9.17) is 19.1 Å². The van der Waals surface area contributed by atoms with Gasteiger partial charge in [-0.15, -0.1) is 0 Å². The number of carbonyl (C=O) groups excluding carboxylic acids is 1. The summed E-state index contributed by atoms with van der Waals surface area (Å²) in [6, 6.07) is 2.86. The minimum Gasteiger partial charge on any atom is -0.476 e. The quantitative estimate of drug-likeness (QED) is 0.856. The second-order valence-electron chi connectivity index (χ2n) is 3.88. The Morgan fingerprint density at radius 1 is 1.35 bits per heavy atom. The average molecular weight is 340 g/mol. The van der Waals surface area contributed by atoms with Gasteiger partial charge in [-0.2, -0.15) is 0 Å². The third kappa shape index (κ3) is 1.85. The van der Waals surface area contributed by atoms with Crippen LogP contribution >= 0.6 is 15.9 Å². The largest absolute Gasteiger partial charge is 0.476 e. The van der Waals surface area contributed by atoms with E-state index >= 15 is 0 Å². The van der Waals surface area contributed by atoms with Crippen molar-refractivity contribution in [3.8, 4) is 22.8 Å². The van der Waals surface area contributed by atoms with Crippen LogP contribution in [-0.2, 0) is 0 Å². The van der Waals surface area contributed by atoms with E-state index in [1.165, 1.54) is 6.07 Å². The zero-order valence-electron chi connectivity index (χ0n) is 9.75. The van der Waals surface area contributed by atoms with E-state index in [1.54, 1.807) is 6.07 Å². The van der Waals surface area contributed by atoms with Crippen LogP contribution in [-0.4, -0.2) is 29.3 Å². The van der Waals surface area contributed by atoms with Crippen molar-refractivity contribution in [2.45, 2.75) is 0 Å². The van der Waals surface area contributed by atoms with Crippen molar-refractivity contribution in [2.75, 3.05) is 6.79 Å². The lowest BCUT2D eigenvalue weighted by atomic mass is 10.1. The summed E-state index contributed by atoms with van der Waals surface area (Å²) in [7, 11) is 0. The Hall–Kier alpha value is -2.35. The van der Waals surface area contributed by atoms with Gasteiger partial charge in [0.15, 0.2) is 29.2 Å². The molecule has 0 aliphatic carbocycles. The molecule has 0 atom stereocenters. The summed E-state index contributed by atoms with van der Waals surface area (Å²) in [5.74, 6) is -0.374. The monoisotopic (exact) mass is 339 g/mol. The molecule has 2 heterocycles. The van der Waals surface area contributed by atoms with Crippen LogP contribution in [0.5, 0.6) is 11.5 Å². The van der Waals surface area contributed by atoms with Gasteiger partial charge in [-0.25, -0.2) is 4.79 Å². The Labute approximate surface area is 120 Å². The molecule has 0 amide bonds. The van der Waals surface area contributed by atoms with Crippen LogP contribution < -0.4 is 9.47 Å². The second kappa shape index (κ2) is 4.64. The first kappa shape index (κ1) is 12.7. The number of carboxylic acid groups (broad SMARTS) is 1. The van der Waals surface area contributed by atoms with Crippen LogP contribution in [0.4, 0.5) is 0 Å². The van der Waals surface area contributed by atoms with Gasteiger partial charge in [0.2, 0.25) is 6.79 Å². The summed E-state index contributed by atoms with van der Waals surface area (Å²) >= 11 is 3.25.